The van der Waals surface area contributed by atoms with E-state index in [9.17, 15) is 18.0 Å². The van der Waals surface area contributed by atoms with Gasteiger partial charge in [-0.05, 0) is 31.7 Å². The number of amides is 1. The van der Waals surface area contributed by atoms with Crippen LogP contribution < -0.4 is 5.73 Å². The summed E-state index contributed by atoms with van der Waals surface area (Å²) in [5, 5.41) is 0. The van der Waals surface area contributed by atoms with Crippen LogP contribution in [0.4, 0.5) is 13.2 Å². The second-order valence-corrected chi connectivity index (χ2v) is 5.34. The second-order valence-electron chi connectivity index (χ2n) is 5.34. The largest absolute Gasteiger partial charge is 0.395 e. The summed E-state index contributed by atoms with van der Waals surface area (Å²) in [4.78, 5) is 12.6. The van der Waals surface area contributed by atoms with Gasteiger partial charge in [-0.1, -0.05) is 0 Å². The van der Waals surface area contributed by atoms with E-state index in [4.69, 9.17) is 5.73 Å². The molecule has 0 aromatic rings. The van der Waals surface area contributed by atoms with Crippen molar-refractivity contribution < 1.29 is 18.0 Å². The monoisotopic (exact) mass is 250 g/mol. The minimum atomic E-state index is -4.09. The number of primary amides is 1. The third-order valence-corrected chi connectivity index (χ3v) is 3.84. The Morgan fingerprint density at radius 1 is 1.41 bits per heavy atom. The Balaban J connectivity index is 1.84. The molecule has 1 atom stereocenters. The molecule has 0 spiro atoms. The van der Waals surface area contributed by atoms with Gasteiger partial charge in [0, 0.05) is 19.5 Å². The van der Waals surface area contributed by atoms with Gasteiger partial charge in [0.1, 0.15) is 0 Å². The van der Waals surface area contributed by atoms with E-state index in [1.807, 2.05) is 4.90 Å². The summed E-state index contributed by atoms with van der Waals surface area (Å²) in [6.07, 6.45) is -2.54. The van der Waals surface area contributed by atoms with Gasteiger partial charge in [-0.3, -0.25) is 4.79 Å². The van der Waals surface area contributed by atoms with Crippen LogP contribution in [0.1, 0.15) is 25.7 Å². The Kier molecular flexibility index (Phi) is 3.10. The van der Waals surface area contributed by atoms with Crippen molar-refractivity contribution in [3.63, 3.8) is 0 Å². The standard InChI is InChI=1S/C11H17F3N2O/c12-11(13,14)10(2-3-10)7-16-4-1-8(6-16)5-9(15)17/h8H,1-7H2,(H2,15,17). The van der Waals surface area contributed by atoms with E-state index in [2.05, 4.69) is 0 Å². The van der Waals surface area contributed by atoms with Crippen LogP contribution in [-0.4, -0.2) is 36.6 Å². The molecule has 1 amide bonds. The van der Waals surface area contributed by atoms with E-state index in [1.54, 1.807) is 0 Å². The first-order valence-electron chi connectivity index (χ1n) is 5.90. The summed E-state index contributed by atoms with van der Waals surface area (Å²) in [6.45, 7) is 1.31. The minimum Gasteiger partial charge on any atom is -0.370 e. The second kappa shape index (κ2) is 4.15. The van der Waals surface area contributed by atoms with E-state index in [1.165, 1.54) is 0 Å². The van der Waals surface area contributed by atoms with Crippen molar-refractivity contribution in [2.75, 3.05) is 19.6 Å². The maximum atomic E-state index is 12.8. The summed E-state index contributed by atoms with van der Waals surface area (Å²) in [5.74, 6) is -0.231. The fourth-order valence-electron chi connectivity index (χ4n) is 2.62. The molecule has 2 fully saturated rings. The highest BCUT2D eigenvalue weighted by Gasteiger charge is 2.63. The van der Waals surface area contributed by atoms with E-state index >= 15 is 0 Å². The first-order chi connectivity index (χ1) is 7.82. The highest BCUT2D eigenvalue weighted by molar-refractivity contribution is 5.74. The fourth-order valence-corrected chi connectivity index (χ4v) is 2.62. The van der Waals surface area contributed by atoms with Crippen molar-refractivity contribution in [2.24, 2.45) is 17.1 Å². The molecule has 0 bridgehead atoms. The van der Waals surface area contributed by atoms with E-state index in [0.29, 0.717) is 13.1 Å². The molecule has 2 N–H and O–H groups in total. The van der Waals surface area contributed by atoms with Crippen LogP contribution >= 0.6 is 0 Å². The number of carbonyl (C=O) groups is 1. The smallest absolute Gasteiger partial charge is 0.370 e. The number of hydrogen-bond acceptors (Lipinski definition) is 2. The summed E-state index contributed by atoms with van der Waals surface area (Å²) in [7, 11) is 0. The lowest BCUT2D eigenvalue weighted by atomic mass is 10.0. The molecule has 6 heteroatoms. The Labute approximate surface area is 98.1 Å². The van der Waals surface area contributed by atoms with Crippen molar-refractivity contribution in [3.8, 4) is 0 Å². The van der Waals surface area contributed by atoms with Crippen molar-refractivity contribution >= 4 is 5.91 Å². The number of hydrogen-bond donors (Lipinski definition) is 1. The SMILES string of the molecule is NC(=O)CC1CCN(CC2(C(F)(F)F)CC2)C1. The summed E-state index contributed by atoms with van der Waals surface area (Å²) < 4.78 is 38.3. The van der Waals surface area contributed by atoms with Gasteiger partial charge in [0.05, 0.1) is 5.41 Å². The molecule has 17 heavy (non-hydrogen) atoms. The number of halogens is 3. The number of carbonyl (C=O) groups excluding carboxylic acids is 1. The molecule has 3 nitrogen and oxygen atoms in total. The lowest BCUT2D eigenvalue weighted by Crippen LogP contribution is -2.37. The van der Waals surface area contributed by atoms with Crippen molar-refractivity contribution in [3.05, 3.63) is 0 Å². The molecular weight excluding hydrogens is 233 g/mol. The summed E-state index contributed by atoms with van der Waals surface area (Å²) in [5.41, 5.74) is 3.63. The highest BCUT2D eigenvalue weighted by Crippen LogP contribution is 2.58. The molecule has 1 saturated heterocycles. The lowest BCUT2D eigenvalue weighted by Gasteiger charge is -2.25. The average Bonchev–Trinajstić information content (AvgIpc) is 2.82. The average molecular weight is 250 g/mol. The van der Waals surface area contributed by atoms with Crippen molar-refractivity contribution in [2.45, 2.75) is 31.9 Å². The predicted molar refractivity (Wildman–Crippen MR) is 56.1 cm³/mol. The van der Waals surface area contributed by atoms with Crippen LogP contribution in [0.25, 0.3) is 0 Å². The summed E-state index contributed by atoms with van der Waals surface area (Å²) >= 11 is 0. The molecule has 2 aliphatic rings. The molecule has 98 valence electrons. The predicted octanol–water partition coefficient (Wildman–Crippen LogP) is 1.53. The zero-order valence-electron chi connectivity index (χ0n) is 9.59. The molecule has 1 unspecified atom stereocenters. The van der Waals surface area contributed by atoms with Gasteiger partial charge in [-0.25, -0.2) is 0 Å². The topological polar surface area (TPSA) is 46.3 Å². The molecule has 0 radical (unpaired) electrons. The molecular formula is C11H17F3N2O. The van der Waals surface area contributed by atoms with Crippen LogP contribution in [0.3, 0.4) is 0 Å². The quantitative estimate of drug-likeness (QED) is 0.822. The Bertz CT molecular complexity index is 312. The van der Waals surface area contributed by atoms with E-state index < -0.39 is 11.6 Å². The van der Waals surface area contributed by atoms with Gasteiger partial charge >= 0.3 is 6.18 Å². The maximum absolute atomic E-state index is 12.8. The van der Waals surface area contributed by atoms with Gasteiger partial charge in [0.25, 0.3) is 0 Å². The van der Waals surface area contributed by atoms with Crippen LogP contribution in [0.15, 0.2) is 0 Å². The number of alkyl halides is 3. The van der Waals surface area contributed by atoms with E-state index in [0.717, 1.165) is 6.42 Å². The van der Waals surface area contributed by atoms with Gasteiger partial charge in [0.2, 0.25) is 5.91 Å². The Morgan fingerprint density at radius 2 is 2.06 bits per heavy atom. The zero-order valence-corrected chi connectivity index (χ0v) is 9.59. The molecule has 1 aliphatic carbocycles. The molecule has 1 aliphatic heterocycles. The fraction of sp³-hybridized carbons (Fsp3) is 0.909. The number of nitrogens with zero attached hydrogens (tertiary/aromatic N) is 1. The third-order valence-electron chi connectivity index (χ3n) is 3.84. The molecule has 0 aromatic heterocycles. The van der Waals surface area contributed by atoms with Gasteiger partial charge < -0.3 is 10.6 Å². The van der Waals surface area contributed by atoms with Crippen LogP contribution in [0.5, 0.6) is 0 Å². The van der Waals surface area contributed by atoms with Crippen molar-refractivity contribution in [1.29, 1.82) is 0 Å². The Morgan fingerprint density at radius 3 is 2.53 bits per heavy atom. The first-order valence-corrected chi connectivity index (χ1v) is 5.90. The van der Waals surface area contributed by atoms with Gasteiger partial charge in [-0.15, -0.1) is 0 Å². The van der Waals surface area contributed by atoms with Gasteiger partial charge in [-0.2, -0.15) is 13.2 Å². The molecule has 0 aromatic carbocycles. The third kappa shape index (κ3) is 2.73. The lowest BCUT2D eigenvalue weighted by molar-refractivity contribution is -0.191. The normalized spacial score (nSPS) is 28.3. The number of nitrogens with two attached hydrogens (primary N) is 1. The first kappa shape index (κ1) is 12.7. The zero-order chi connectivity index (χ0) is 12.7. The van der Waals surface area contributed by atoms with Crippen LogP contribution in [-0.2, 0) is 4.79 Å². The van der Waals surface area contributed by atoms with Crippen LogP contribution in [0, 0.1) is 11.3 Å². The van der Waals surface area contributed by atoms with Gasteiger partial charge in [0.15, 0.2) is 0 Å². The summed E-state index contributed by atoms with van der Waals surface area (Å²) in [6, 6.07) is 0. The number of rotatable bonds is 4. The molecule has 1 saturated carbocycles. The maximum Gasteiger partial charge on any atom is 0.395 e. The van der Waals surface area contributed by atoms with Crippen LogP contribution in [0.2, 0.25) is 0 Å². The minimum absolute atomic E-state index is 0.0890. The Hall–Kier alpha value is -0.780. The number of likely N-dealkylation sites (tertiary alicyclic amines) is 1. The van der Waals surface area contributed by atoms with E-state index in [-0.39, 0.29) is 37.6 Å². The molecule has 2 rings (SSSR count). The van der Waals surface area contributed by atoms with Crippen molar-refractivity contribution in [1.82, 2.24) is 4.90 Å². The highest BCUT2D eigenvalue weighted by atomic mass is 19.4. The molecule has 1 heterocycles.